The van der Waals surface area contributed by atoms with Crippen molar-refractivity contribution in [3.05, 3.63) is 81.1 Å². The molecule has 0 spiro atoms. The van der Waals surface area contributed by atoms with E-state index in [0.29, 0.717) is 28.3 Å². The minimum Gasteiger partial charge on any atom is -0.371 e. The molecule has 3 unspecified atom stereocenters. The fraction of sp³-hybridized carbons (Fsp3) is 0.424. The lowest BCUT2D eigenvalue weighted by molar-refractivity contribution is 0.323. The van der Waals surface area contributed by atoms with Crippen LogP contribution in [0.5, 0.6) is 0 Å². The minimum absolute atomic E-state index is 0.0653. The second kappa shape index (κ2) is 13.6. The number of fused-ring (bicyclic) bond motifs is 1. The van der Waals surface area contributed by atoms with E-state index in [9.17, 15) is 4.79 Å². The Kier molecular flexibility index (Phi) is 9.42. The van der Waals surface area contributed by atoms with Gasteiger partial charge in [-0.05, 0) is 86.9 Å². The van der Waals surface area contributed by atoms with E-state index in [1.807, 2.05) is 25.1 Å². The third-order valence-corrected chi connectivity index (χ3v) is 8.78. The second-order valence-electron chi connectivity index (χ2n) is 12.0. The third-order valence-electron chi connectivity index (χ3n) is 8.50. The fourth-order valence-electron chi connectivity index (χ4n) is 6.14. The van der Waals surface area contributed by atoms with Crippen LogP contribution in [0.1, 0.15) is 56.2 Å². The van der Waals surface area contributed by atoms with Crippen LogP contribution in [0.2, 0.25) is 5.02 Å². The van der Waals surface area contributed by atoms with Crippen LogP contribution in [0.4, 0.5) is 4.39 Å². The van der Waals surface area contributed by atoms with Crippen molar-refractivity contribution in [2.24, 2.45) is 10.7 Å². The average Bonchev–Trinajstić information content (AvgIpc) is 3.44. The molecule has 1 fully saturated rings. The largest absolute Gasteiger partial charge is 0.371 e. The van der Waals surface area contributed by atoms with E-state index in [1.165, 1.54) is 10.1 Å². The maximum atomic E-state index is 15.1. The molecule has 2 aliphatic heterocycles. The van der Waals surface area contributed by atoms with Crippen molar-refractivity contribution in [3.8, 4) is 16.9 Å². The average molecular weight is 619 g/mol. The third kappa shape index (κ3) is 7.04. The standard InChI is InChI=1S/C33H40ClFN8O/c1-20(36)4-2-5-21-14-26(31(35)27(34)15-21)29-16-23-19-43(33(44)42-32(23)41-29)25-10-8-22(9-11-25)28-7-3-6-24(40-28)17-39-30-18-37-12-13-38-30/h8-11,14-16,19-20,24,28,37,40H,2-7,12-13,17-18,36H2,1H3,(H,38,39)(H,41,42,44). The van der Waals surface area contributed by atoms with Crippen LogP contribution in [-0.2, 0) is 6.42 Å². The van der Waals surface area contributed by atoms with Crippen molar-refractivity contribution in [1.82, 2.24) is 30.5 Å². The molecule has 0 aliphatic carbocycles. The summed E-state index contributed by atoms with van der Waals surface area (Å²) in [7, 11) is 0. The minimum atomic E-state index is -0.505. The summed E-state index contributed by atoms with van der Waals surface area (Å²) in [5, 5.41) is 11.4. The molecule has 2 aromatic heterocycles. The number of nitrogens with one attached hydrogen (secondary N) is 4. The van der Waals surface area contributed by atoms with Crippen molar-refractivity contribution in [1.29, 1.82) is 0 Å². The van der Waals surface area contributed by atoms with Crippen LogP contribution in [0.15, 0.2) is 58.4 Å². The van der Waals surface area contributed by atoms with Crippen molar-refractivity contribution in [2.45, 2.75) is 63.6 Å². The molecule has 2 aliphatic rings. The fourth-order valence-corrected chi connectivity index (χ4v) is 6.38. The van der Waals surface area contributed by atoms with Gasteiger partial charge >= 0.3 is 5.69 Å². The Balaban J connectivity index is 1.18. The Morgan fingerprint density at radius 1 is 1.20 bits per heavy atom. The topological polar surface area (TPSA) is 125 Å². The first kappa shape index (κ1) is 30.5. The highest BCUT2D eigenvalue weighted by Crippen LogP contribution is 2.32. The van der Waals surface area contributed by atoms with E-state index in [4.69, 9.17) is 17.3 Å². The molecule has 1 saturated heterocycles. The van der Waals surface area contributed by atoms with Gasteiger partial charge in [0.05, 0.1) is 29.5 Å². The first-order chi connectivity index (χ1) is 21.3. The lowest BCUT2D eigenvalue weighted by Crippen LogP contribution is -2.47. The predicted octanol–water partition coefficient (Wildman–Crippen LogP) is 4.62. The van der Waals surface area contributed by atoms with Gasteiger partial charge in [0.25, 0.3) is 0 Å². The molecular formula is C33H40ClFN8O. The van der Waals surface area contributed by atoms with Crippen molar-refractivity contribution in [3.63, 3.8) is 0 Å². The number of benzene rings is 2. The quantitative estimate of drug-likeness (QED) is 0.186. The number of H-pyrrole nitrogens is 1. The Morgan fingerprint density at radius 3 is 2.82 bits per heavy atom. The number of piperidine rings is 1. The maximum absolute atomic E-state index is 15.1. The van der Waals surface area contributed by atoms with Crippen LogP contribution in [0.25, 0.3) is 28.0 Å². The molecular weight excluding hydrogens is 579 g/mol. The second-order valence-corrected chi connectivity index (χ2v) is 12.4. The summed E-state index contributed by atoms with van der Waals surface area (Å²) < 4.78 is 16.7. The van der Waals surface area contributed by atoms with Crippen molar-refractivity contribution >= 4 is 28.5 Å². The smallest absolute Gasteiger partial charge is 0.354 e. The number of aliphatic imine (C=N–C) groups is 1. The van der Waals surface area contributed by atoms with Crippen LogP contribution in [-0.4, -0.2) is 58.6 Å². The molecule has 0 bridgehead atoms. The van der Waals surface area contributed by atoms with E-state index in [0.717, 1.165) is 81.8 Å². The molecule has 0 amide bonds. The molecule has 9 nitrogen and oxygen atoms in total. The van der Waals surface area contributed by atoms with Gasteiger partial charge in [-0.25, -0.2) is 9.18 Å². The number of halogens is 2. The van der Waals surface area contributed by atoms with Gasteiger partial charge in [0.15, 0.2) is 5.82 Å². The number of nitrogens with zero attached hydrogens (tertiary/aromatic N) is 3. The molecule has 6 N–H and O–H groups in total. The molecule has 4 heterocycles. The number of aromatic amines is 1. The van der Waals surface area contributed by atoms with Gasteiger partial charge in [0.1, 0.15) is 11.5 Å². The molecule has 44 heavy (non-hydrogen) atoms. The highest BCUT2D eigenvalue weighted by Gasteiger charge is 2.23. The molecule has 4 aromatic rings. The van der Waals surface area contributed by atoms with Gasteiger partial charge in [-0.2, -0.15) is 4.98 Å². The van der Waals surface area contributed by atoms with Crippen LogP contribution < -0.4 is 27.4 Å². The number of hydrogen-bond acceptors (Lipinski definition) is 7. The molecule has 232 valence electrons. The summed E-state index contributed by atoms with van der Waals surface area (Å²) in [4.78, 5) is 25.0. The van der Waals surface area contributed by atoms with E-state index < -0.39 is 11.5 Å². The number of amidine groups is 1. The summed E-state index contributed by atoms with van der Waals surface area (Å²) in [6.45, 7) is 5.38. The molecule has 11 heteroatoms. The Hall–Kier alpha value is -3.57. The number of rotatable bonds is 9. The summed E-state index contributed by atoms with van der Waals surface area (Å²) in [5.74, 6) is 0.527. The van der Waals surface area contributed by atoms with E-state index in [-0.39, 0.29) is 17.1 Å². The van der Waals surface area contributed by atoms with E-state index >= 15 is 4.39 Å². The zero-order chi connectivity index (χ0) is 30.6. The van der Waals surface area contributed by atoms with Gasteiger partial charge < -0.3 is 26.7 Å². The van der Waals surface area contributed by atoms with Gasteiger partial charge in [-0.1, -0.05) is 23.7 Å². The number of nitrogens with two attached hydrogens (primary N) is 1. The van der Waals surface area contributed by atoms with Crippen molar-refractivity contribution < 1.29 is 4.39 Å². The molecule has 2 aromatic carbocycles. The van der Waals surface area contributed by atoms with Crippen molar-refractivity contribution in [2.75, 3.05) is 26.2 Å². The summed E-state index contributed by atoms with van der Waals surface area (Å²) >= 11 is 6.27. The van der Waals surface area contributed by atoms with Crippen LogP contribution in [0, 0.1) is 5.82 Å². The molecule has 0 saturated carbocycles. The Labute approximate surface area is 261 Å². The summed E-state index contributed by atoms with van der Waals surface area (Å²) in [5.41, 5.74) is 9.59. The SMILES string of the molecule is CC(N)CCCc1cc(Cl)c(F)c(-c2cc3cn(-c4ccc(C5CCCC(CNC6=NCCNC6)N5)cc4)c(=O)nc3[nH]2)c1. The zero-order valence-electron chi connectivity index (χ0n) is 25.0. The number of hydrogen-bond donors (Lipinski definition) is 5. The first-order valence-electron chi connectivity index (χ1n) is 15.5. The van der Waals surface area contributed by atoms with Crippen LogP contribution in [0.3, 0.4) is 0 Å². The van der Waals surface area contributed by atoms with Gasteiger partial charge in [-0.15, -0.1) is 0 Å². The molecule has 6 rings (SSSR count). The Morgan fingerprint density at radius 2 is 2.05 bits per heavy atom. The number of aromatic nitrogens is 3. The molecule has 3 atom stereocenters. The van der Waals surface area contributed by atoms with E-state index in [2.05, 4.69) is 43.0 Å². The summed E-state index contributed by atoms with van der Waals surface area (Å²) in [6, 6.07) is 14.1. The monoisotopic (exact) mass is 618 g/mol. The highest BCUT2D eigenvalue weighted by atomic mass is 35.5. The normalized spacial score (nSPS) is 19.6. The lowest BCUT2D eigenvalue weighted by Gasteiger charge is -2.32. The Bertz CT molecular complexity index is 1700. The predicted molar refractivity (Wildman–Crippen MR) is 175 cm³/mol. The highest BCUT2D eigenvalue weighted by molar-refractivity contribution is 6.31. The first-order valence-corrected chi connectivity index (χ1v) is 15.9. The lowest BCUT2D eigenvalue weighted by atomic mass is 9.93. The number of aryl methyl sites for hydroxylation is 1. The zero-order valence-corrected chi connectivity index (χ0v) is 25.8. The van der Waals surface area contributed by atoms with E-state index in [1.54, 1.807) is 18.3 Å². The van der Waals surface area contributed by atoms with Gasteiger partial charge in [0.2, 0.25) is 0 Å². The van der Waals surface area contributed by atoms with Crippen LogP contribution >= 0.6 is 11.6 Å². The molecule has 0 radical (unpaired) electrons. The summed E-state index contributed by atoms with van der Waals surface area (Å²) in [6.07, 6.45) is 7.58. The van der Waals surface area contributed by atoms with Gasteiger partial charge in [0, 0.05) is 48.4 Å². The van der Waals surface area contributed by atoms with Gasteiger partial charge in [-0.3, -0.25) is 9.56 Å². The maximum Gasteiger partial charge on any atom is 0.354 e.